The Morgan fingerprint density at radius 2 is 2.27 bits per heavy atom. The van der Waals surface area contributed by atoms with Crippen LogP contribution in [0.3, 0.4) is 0 Å². The summed E-state index contributed by atoms with van der Waals surface area (Å²) >= 11 is 0. The van der Waals surface area contributed by atoms with Crippen LogP contribution in [0, 0.1) is 0 Å². The molecule has 1 aliphatic carbocycles. The fourth-order valence-corrected chi connectivity index (χ4v) is 2.46. The number of nitrogens with zero attached hydrogens (tertiary/aromatic N) is 1. The van der Waals surface area contributed by atoms with Gasteiger partial charge in [-0.2, -0.15) is 0 Å². The lowest BCUT2D eigenvalue weighted by atomic mass is 10.1. The fraction of sp³-hybridized carbons (Fsp3) is 0.250. The zero-order valence-electron chi connectivity index (χ0n) is 8.33. The molecule has 0 radical (unpaired) electrons. The molecule has 2 N–H and O–H groups in total. The van der Waals surface area contributed by atoms with E-state index < -0.39 is 0 Å². The molecule has 3 nitrogen and oxygen atoms in total. The van der Waals surface area contributed by atoms with Crippen molar-refractivity contribution in [2.75, 3.05) is 0 Å². The summed E-state index contributed by atoms with van der Waals surface area (Å²) in [5, 5.41) is 13.0. The quantitative estimate of drug-likeness (QED) is 0.414. The molecular weight excluding hydrogens is 188 g/mol. The average Bonchev–Trinajstić information content (AvgIpc) is 2.79. The van der Waals surface area contributed by atoms with Crippen molar-refractivity contribution < 1.29 is 5.21 Å². The van der Waals surface area contributed by atoms with Gasteiger partial charge in [0.05, 0.1) is 11.7 Å². The Labute approximate surface area is 87.4 Å². The summed E-state index contributed by atoms with van der Waals surface area (Å²) in [4.78, 5) is 3.43. The van der Waals surface area contributed by atoms with Gasteiger partial charge in [0.2, 0.25) is 0 Å². The van der Waals surface area contributed by atoms with Crippen LogP contribution >= 0.6 is 0 Å². The van der Waals surface area contributed by atoms with Crippen LogP contribution in [0.5, 0.6) is 0 Å². The number of hydrogen-bond donors (Lipinski definition) is 2. The average molecular weight is 200 g/mol. The number of rotatable bonds is 1. The normalized spacial score (nSPS) is 15.2. The fourth-order valence-electron chi connectivity index (χ4n) is 2.46. The number of benzene rings is 1. The second-order valence-corrected chi connectivity index (χ2v) is 3.95. The SMILES string of the molecule is O/N=C\c1cccc2c3c([nH]c12)CCC3. The summed E-state index contributed by atoms with van der Waals surface area (Å²) in [6.07, 6.45) is 5.03. The van der Waals surface area contributed by atoms with Crippen LogP contribution in [-0.2, 0) is 12.8 Å². The molecule has 2 aromatic rings. The van der Waals surface area contributed by atoms with Crippen LogP contribution in [0.4, 0.5) is 0 Å². The Hall–Kier alpha value is -1.77. The maximum absolute atomic E-state index is 8.58. The highest BCUT2D eigenvalue weighted by molar-refractivity contribution is 5.99. The van der Waals surface area contributed by atoms with Gasteiger partial charge in [0, 0.05) is 16.6 Å². The third-order valence-corrected chi connectivity index (χ3v) is 3.11. The predicted octanol–water partition coefficient (Wildman–Crippen LogP) is 2.46. The van der Waals surface area contributed by atoms with Crippen LogP contribution in [0.15, 0.2) is 23.4 Å². The third kappa shape index (κ3) is 1.16. The summed E-state index contributed by atoms with van der Waals surface area (Å²) in [5.41, 5.74) is 4.84. The van der Waals surface area contributed by atoms with Crippen molar-refractivity contribution in [3.63, 3.8) is 0 Å². The molecule has 0 aliphatic heterocycles. The molecule has 1 aromatic heterocycles. The number of fused-ring (bicyclic) bond motifs is 3. The molecule has 0 fully saturated rings. The maximum Gasteiger partial charge on any atom is 0.0754 e. The molecule has 0 saturated carbocycles. The number of nitrogens with one attached hydrogen (secondary N) is 1. The zero-order valence-corrected chi connectivity index (χ0v) is 8.33. The number of hydrogen-bond acceptors (Lipinski definition) is 2. The van der Waals surface area contributed by atoms with E-state index in [-0.39, 0.29) is 0 Å². The van der Waals surface area contributed by atoms with Gasteiger partial charge in [-0.15, -0.1) is 0 Å². The van der Waals surface area contributed by atoms with E-state index in [1.54, 1.807) is 0 Å². The molecule has 3 heteroatoms. The third-order valence-electron chi connectivity index (χ3n) is 3.11. The minimum atomic E-state index is 0.949. The number of para-hydroxylation sites is 1. The molecule has 3 rings (SSSR count). The predicted molar refractivity (Wildman–Crippen MR) is 59.7 cm³/mol. The summed E-state index contributed by atoms with van der Waals surface area (Å²) < 4.78 is 0. The van der Waals surface area contributed by atoms with E-state index in [0.717, 1.165) is 23.9 Å². The summed E-state index contributed by atoms with van der Waals surface area (Å²) in [7, 11) is 0. The van der Waals surface area contributed by atoms with Crippen LogP contribution < -0.4 is 0 Å². The first-order valence-electron chi connectivity index (χ1n) is 5.20. The van der Waals surface area contributed by atoms with Gasteiger partial charge in [0.1, 0.15) is 0 Å². The Bertz CT molecular complexity index is 540. The zero-order chi connectivity index (χ0) is 10.3. The largest absolute Gasteiger partial charge is 0.411 e. The highest BCUT2D eigenvalue weighted by Crippen LogP contribution is 2.30. The van der Waals surface area contributed by atoms with Crippen molar-refractivity contribution >= 4 is 17.1 Å². The van der Waals surface area contributed by atoms with E-state index in [1.165, 1.54) is 29.3 Å². The first-order valence-corrected chi connectivity index (χ1v) is 5.20. The van der Waals surface area contributed by atoms with E-state index >= 15 is 0 Å². The van der Waals surface area contributed by atoms with Gasteiger partial charge in [0.25, 0.3) is 0 Å². The molecular formula is C12H12N2O. The Morgan fingerprint density at radius 3 is 3.13 bits per heavy atom. The molecule has 0 amide bonds. The Balaban J connectivity index is 2.32. The minimum Gasteiger partial charge on any atom is -0.411 e. The summed E-state index contributed by atoms with van der Waals surface area (Å²) in [6, 6.07) is 6.09. The van der Waals surface area contributed by atoms with E-state index in [2.05, 4.69) is 16.2 Å². The van der Waals surface area contributed by atoms with Crippen LogP contribution in [-0.4, -0.2) is 16.4 Å². The van der Waals surface area contributed by atoms with Crippen LogP contribution in [0.25, 0.3) is 10.9 Å². The van der Waals surface area contributed by atoms with Gasteiger partial charge >= 0.3 is 0 Å². The molecule has 0 atom stereocenters. The molecule has 0 unspecified atom stereocenters. The van der Waals surface area contributed by atoms with E-state index in [1.807, 2.05) is 12.1 Å². The standard InChI is InChI=1S/C12H12N2O/c15-13-7-8-3-1-5-10-9-4-2-6-11(9)14-12(8)10/h1,3,5,7,14-15H,2,4,6H2/b13-7-. The van der Waals surface area contributed by atoms with Crippen molar-refractivity contribution in [3.05, 3.63) is 35.0 Å². The molecule has 0 spiro atoms. The van der Waals surface area contributed by atoms with E-state index in [4.69, 9.17) is 5.21 Å². The number of H-pyrrole nitrogens is 1. The number of aromatic amines is 1. The topological polar surface area (TPSA) is 48.4 Å². The lowest BCUT2D eigenvalue weighted by Gasteiger charge is -1.97. The summed E-state index contributed by atoms with van der Waals surface area (Å²) in [5.74, 6) is 0. The van der Waals surface area contributed by atoms with E-state index in [0.29, 0.717) is 0 Å². The van der Waals surface area contributed by atoms with Crippen molar-refractivity contribution in [1.29, 1.82) is 0 Å². The smallest absolute Gasteiger partial charge is 0.0754 e. The molecule has 0 bridgehead atoms. The highest BCUT2D eigenvalue weighted by atomic mass is 16.4. The lowest BCUT2D eigenvalue weighted by Crippen LogP contribution is -1.85. The van der Waals surface area contributed by atoms with Gasteiger partial charge in [-0.25, -0.2) is 0 Å². The van der Waals surface area contributed by atoms with Crippen molar-refractivity contribution in [2.24, 2.45) is 5.16 Å². The highest BCUT2D eigenvalue weighted by Gasteiger charge is 2.17. The van der Waals surface area contributed by atoms with Gasteiger partial charge in [-0.1, -0.05) is 23.4 Å². The molecule has 1 aliphatic rings. The summed E-state index contributed by atoms with van der Waals surface area (Å²) in [6.45, 7) is 0. The Morgan fingerprint density at radius 1 is 1.33 bits per heavy atom. The maximum atomic E-state index is 8.58. The second-order valence-electron chi connectivity index (χ2n) is 3.95. The molecule has 15 heavy (non-hydrogen) atoms. The van der Waals surface area contributed by atoms with Crippen LogP contribution in [0.2, 0.25) is 0 Å². The molecule has 76 valence electrons. The van der Waals surface area contributed by atoms with Crippen molar-refractivity contribution in [1.82, 2.24) is 4.98 Å². The molecule has 1 aromatic carbocycles. The van der Waals surface area contributed by atoms with Gasteiger partial charge in [0.15, 0.2) is 0 Å². The van der Waals surface area contributed by atoms with Gasteiger partial charge in [-0.3, -0.25) is 0 Å². The van der Waals surface area contributed by atoms with Gasteiger partial charge in [-0.05, 0) is 24.8 Å². The van der Waals surface area contributed by atoms with Gasteiger partial charge < -0.3 is 10.2 Å². The first kappa shape index (κ1) is 8.53. The number of aromatic nitrogens is 1. The van der Waals surface area contributed by atoms with Crippen molar-refractivity contribution in [3.8, 4) is 0 Å². The minimum absolute atomic E-state index is 0.949. The number of aryl methyl sites for hydroxylation is 2. The number of oxime groups is 1. The lowest BCUT2D eigenvalue weighted by molar-refractivity contribution is 0.322. The monoisotopic (exact) mass is 200 g/mol. The van der Waals surface area contributed by atoms with Crippen molar-refractivity contribution in [2.45, 2.75) is 19.3 Å². The molecule has 1 heterocycles. The molecule has 0 saturated heterocycles. The second kappa shape index (κ2) is 3.12. The van der Waals surface area contributed by atoms with Crippen LogP contribution in [0.1, 0.15) is 23.2 Å². The Kier molecular flexibility index (Phi) is 1.78. The first-order chi connectivity index (χ1) is 7.40. The van der Waals surface area contributed by atoms with E-state index in [9.17, 15) is 0 Å².